The van der Waals surface area contributed by atoms with E-state index in [2.05, 4.69) is 34.0 Å². The molecule has 1 fully saturated rings. The third kappa shape index (κ3) is 3.00. The first-order valence-electron chi connectivity index (χ1n) is 7.56. The molecule has 1 saturated heterocycles. The smallest absolute Gasteiger partial charge is 0.339 e. The van der Waals surface area contributed by atoms with Crippen molar-refractivity contribution < 1.29 is 9.90 Å². The molecule has 2 heterocycles. The molecule has 21 heavy (non-hydrogen) atoms. The van der Waals surface area contributed by atoms with Gasteiger partial charge in [0.05, 0.1) is 5.69 Å². The highest BCUT2D eigenvalue weighted by molar-refractivity contribution is 5.95. The van der Waals surface area contributed by atoms with Gasteiger partial charge in [-0.25, -0.2) is 4.79 Å². The number of likely N-dealkylation sites (N-methyl/N-ethyl adjacent to an activating group) is 1. The zero-order valence-corrected chi connectivity index (χ0v) is 13.3. The van der Waals surface area contributed by atoms with Gasteiger partial charge in [-0.1, -0.05) is 13.8 Å². The third-order valence-corrected chi connectivity index (χ3v) is 4.30. The molecule has 0 radical (unpaired) electrons. The lowest BCUT2D eigenvalue weighted by molar-refractivity contribution is 0.0695. The Labute approximate surface area is 125 Å². The van der Waals surface area contributed by atoms with Gasteiger partial charge in [0.25, 0.3) is 0 Å². The second kappa shape index (κ2) is 6.39. The molecular formula is C15H24N4O2. The lowest BCUT2D eigenvalue weighted by Crippen LogP contribution is -2.50. The molecule has 1 atom stereocenters. The monoisotopic (exact) mass is 292 g/mol. The van der Waals surface area contributed by atoms with Crippen molar-refractivity contribution in [2.45, 2.75) is 39.7 Å². The second-order valence-electron chi connectivity index (χ2n) is 5.61. The molecule has 1 aromatic rings. The lowest BCUT2D eigenvalue weighted by Gasteiger charge is -2.38. The summed E-state index contributed by atoms with van der Waals surface area (Å²) < 4.78 is 0. The molecule has 1 aliphatic heterocycles. The molecule has 1 N–H and O–H groups in total. The number of hydrogen-bond acceptors (Lipinski definition) is 5. The summed E-state index contributed by atoms with van der Waals surface area (Å²) in [6.07, 6.45) is 1.37. The number of hydrogen-bond donors (Lipinski definition) is 1. The van der Waals surface area contributed by atoms with E-state index in [4.69, 9.17) is 0 Å². The molecule has 116 valence electrons. The second-order valence-corrected chi connectivity index (χ2v) is 5.61. The topological polar surface area (TPSA) is 69.6 Å². The van der Waals surface area contributed by atoms with Crippen molar-refractivity contribution in [2.24, 2.45) is 0 Å². The molecule has 0 spiro atoms. The van der Waals surface area contributed by atoms with Gasteiger partial charge in [0.1, 0.15) is 5.56 Å². The van der Waals surface area contributed by atoms with Crippen LogP contribution in [0.5, 0.6) is 0 Å². The average molecular weight is 292 g/mol. The van der Waals surface area contributed by atoms with E-state index in [0.717, 1.165) is 30.9 Å². The Kier molecular flexibility index (Phi) is 4.77. The number of rotatable bonds is 4. The van der Waals surface area contributed by atoms with Gasteiger partial charge in [0, 0.05) is 25.7 Å². The number of nitrogens with zero attached hydrogens (tertiary/aromatic N) is 4. The molecule has 0 amide bonds. The molecule has 0 aromatic carbocycles. The van der Waals surface area contributed by atoms with E-state index in [1.807, 2.05) is 13.8 Å². The number of piperazine rings is 1. The summed E-state index contributed by atoms with van der Waals surface area (Å²) in [5.74, 6) is -0.380. The molecular weight excluding hydrogens is 268 g/mol. The number of carbonyl (C=O) groups is 1. The first-order valence-corrected chi connectivity index (χ1v) is 7.56. The van der Waals surface area contributed by atoms with Crippen LogP contribution in [0.25, 0.3) is 0 Å². The molecule has 1 aromatic heterocycles. The van der Waals surface area contributed by atoms with E-state index in [1.54, 1.807) is 0 Å². The Morgan fingerprint density at radius 2 is 2.00 bits per heavy atom. The van der Waals surface area contributed by atoms with Crippen molar-refractivity contribution >= 4 is 11.8 Å². The Balaban J connectivity index is 2.46. The summed E-state index contributed by atoms with van der Waals surface area (Å²) >= 11 is 0. The molecule has 6 heteroatoms. The van der Waals surface area contributed by atoms with E-state index in [-0.39, 0.29) is 0 Å². The van der Waals surface area contributed by atoms with Gasteiger partial charge in [0.2, 0.25) is 0 Å². The van der Waals surface area contributed by atoms with E-state index in [9.17, 15) is 9.90 Å². The quantitative estimate of drug-likeness (QED) is 0.905. The van der Waals surface area contributed by atoms with Crippen molar-refractivity contribution in [3.8, 4) is 0 Å². The minimum atomic E-state index is -0.905. The summed E-state index contributed by atoms with van der Waals surface area (Å²) in [6, 6.07) is 0.373. The summed E-state index contributed by atoms with van der Waals surface area (Å²) in [7, 11) is 2.09. The highest BCUT2D eigenvalue weighted by atomic mass is 16.4. The van der Waals surface area contributed by atoms with Gasteiger partial charge in [-0.15, -0.1) is 5.10 Å². The van der Waals surface area contributed by atoms with Gasteiger partial charge in [-0.3, -0.25) is 0 Å². The predicted molar refractivity (Wildman–Crippen MR) is 82.1 cm³/mol. The fourth-order valence-electron chi connectivity index (χ4n) is 2.85. The van der Waals surface area contributed by atoms with Crippen LogP contribution in [0.2, 0.25) is 0 Å². The SMILES string of the molecule is CCc1nnc(N2CCN(C)C(C)C2)c(C(=O)O)c1CC. The van der Waals surface area contributed by atoms with E-state index in [1.165, 1.54) is 0 Å². The number of carboxylic acids is 1. The van der Waals surface area contributed by atoms with Crippen molar-refractivity contribution in [3.63, 3.8) is 0 Å². The highest BCUT2D eigenvalue weighted by Crippen LogP contribution is 2.25. The van der Waals surface area contributed by atoms with Crippen LogP contribution < -0.4 is 4.90 Å². The van der Waals surface area contributed by atoms with Crippen LogP contribution in [0.3, 0.4) is 0 Å². The van der Waals surface area contributed by atoms with Gasteiger partial charge in [-0.2, -0.15) is 5.10 Å². The summed E-state index contributed by atoms with van der Waals surface area (Å²) in [5.41, 5.74) is 1.95. The minimum Gasteiger partial charge on any atom is -0.478 e. The normalized spacial score (nSPS) is 19.8. The van der Waals surface area contributed by atoms with Gasteiger partial charge in [0.15, 0.2) is 5.82 Å². The van der Waals surface area contributed by atoms with Gasteiger partial charge < -0.3 is 14.9 Å². The Bertz CT molecular complexity index is 533. The van der Waals surface area contributed by atoms with Crippen LogP contribution in [-0.2, 0) is 12.8 Å². The maximum atomic E-state index is 11.8. The number of aromatic nitrogens is 2. The van der Waals surface area contributed by atoms with E-state index in [0.29, 0.717) is 30.3 Å². The minimum absolute atomic E-state index is 0.334. The first-order chi connectivity index (χ1) is 9.99. The molecule has 1 aliphatic rings. The van der Waals surface area contributed by atoms with Gasteiger partial charge in [-0.05, 0) is 32.4 Å². The lowest BCUT2D eigenvalue weighted by atomic mass is 10.0. The van der Waals surface area contributed by atoms with Crippen LogP contribution in [0.4, 0.5) is 5.82 Å². The van der Waals surface area contributed by atoms with Crippen molar-refractivity contribution in [1.82, 2.24) is 15.1 Å². The fourth-order valence-corrected chi connectivity index (χ4v) is 2.85. The predicted octanol–water partition coefficient (Wildman–Crippen LogP) is 1.44. The Morgan fingerprint density at radius 3 is 2.52 bits per heavy atom. The zero-order chi connectivity index (χ0) is 15.6. The summed E-state index contributed by atoms with van der Waals surface area (Å²) in [4.78, 5) is 16.1. The molecule has 6 nitrogen and oxygen atoms in total. The summed E-state index contributed by atoms with van der Waals surface area (Å²) in [6.45, 7) is 8.55. The number of aryl methyl sites for hydroxylation is 1. The maximum absolute atomic E-state index is 11.8. The highest BCUT2D eigenvalue weighted by Gasteiger charge is 2.28. The third-order valence-electron chi connectivity index (χ3n) is 4.30. The van der Waals surface area contributed by atoms with Crippen LogP contribution in [0.15, 0.2) is 0 Å². The summed E-state index contributed by atoms with van der Waals surface area (Å²) in [5, 5.41) is 18.1. The first kappa shape index (κ1) is 15.7. The Morgan fingerprint density at radius 1 is 1.29 bits per heavy atom. The molecule has 0 bridgehead atoms. The standard InChI is InChI=1S/C15H24N4O2/c1-5-11-12(6-2)16-17-14(13(11)15(20)21)19-8-7-18(4)10(3)9-19/h10H,5-9H2,1-4H3,(H,20,21). The largest absolute Gasteiger partial charge is 0.478 e. The average Bonchev–Trinajstić information content (AvgIpc) is 2.48. The molecule has 0 saturated carbocycles. The maximum Gasteiger partial charge on any atom is 0.339 e. The van der Waals surface area contributed by atoms with Crippen LogP contribution in [0.1, 0.15) is 42.4 Å². The van der Waals surface area contributed by atoms with Crippen LogP contribution in [0, 0.1) is 0 Å². The van der Waals surface area contributed by atoms with Crippen molar-refractivity contribution in [2.75, 3.05) is 31.6 Å². The van der Waals surface area contributed by atoms with E-state index < -0.39 is 5.97 Å². The number of anilines is 1. The molecule has 1 unspecified atom stereocenters. The number of aromatic carboxylic acids is 1. The van der Waals surface area contributed by atoms with E-state index >= 15 is 0 Å². The van der Waals surface area contributed by atoms with Crippen molar-refractivity contribution in [3.05, 3.63) is 16.8 Å². The van der Waals surface area contributed by atoms with Gasteiger partial charge >= 0.3 is 5.97 Å². The van der Waals surface area contributed by atoms with Crippen LogP contribution >= 0.6 is 0 Å². The zero-order valence-electron chi connectivity index (χ0n) is 13.3. The molecule has 2 rings (SSSR count). The molecule has 0 aliphatic carbocycles. The number of carboxylic acid groups (broad SMARTS) is 1. The Hall–Kier alpha value is -1.69. The van der Waals surface area contributed by atoms with Crippen LogP contribution in [-0.4, -0.2) is 58.9 Å². The van der Waals surface area contributed by atoms with Crippen molar-refractivity contribution in [1.29, 1.82) is 0 Å². The fraction of sp³-hybridized carbons (Fsp3) is 0.667.